The molecule has 2 aromatic heterocycles. The molecule has 0 fully saturated rings. The van der Waals surface area contributed by atoms with E-state index in [1.165, 1.54) is 4.68 Å². The zero-order valence-corrected chi connectivity index (χ0v) is 11.8. The number of rotatable bonds is 4. The monoisotopic (exact) mass is 283 g/mol. The molecule has 0 atom stereocenters. The maximum atomic E-state index is 11.9. The lowest BCUT2D eigenvalue weighted by Crippen LogP contribution is -2.25. The molecule has 96 valence electrons. The second-order valence-electron chi connectivity index (χ2n) is 4.20. The molecule has 2 heterocycles. The number of halogens is 1. The molecule has 4 nitrogen and oxygen atoms in total. The van der Waals surface area contributed by atoms with E-state index in [0.29, 0.717) is 12.2 Å². The van der Waals surface area contributed by atoms with Crippen LogP contribution >= 0.6 is 22.9 Å². The smallest absolute Gasteiger partial charge is 0.287 e. The minimum absolute atomic E-state index is 0.000855. The fourth-order valence-corrected chi connectivity index (χ4v) is 2.40. The van der Waals surface area contributed by atoms with Gasteiger partial charge in [0.2, 0.25) is 0 Å². The molecule has 18 heavy (non-hydrogen) atoms. The Kier molecular flexibility index (Phi) is 4.04. The van der Waals surface area contributed by atoms with E-state index >= 15 is 0 Å². The lowest BCUT2D eigenvalue weighted by Gasteiger charge is -2.11. The Balaban J connectivity index is 2.20. The molecule has 0 radical (unpaired) electrons. The number of thiophene rings is 1. The van der Waals surface area contributed by atoms with Crippen molar-refractivity contribution in [3.05, 3.63) is 44.0 Å². The van der Waals surface area contributed by atoms with E-state index in [1.54, 1.807) is 17.5 Å². The highest BCUT2D eigenvalue weighted by Crippen LogP contribution is 2.18. The third-order valence-corrected chi connectivity index (χ3v) is 3.59. The van der Waals surface area contributed by atoms with E-state index in [1.807, 2.05) is 30.7 Å². The predicted octanol–water partition coefficient (Wildman–Crippen LogP) is 3.15. The molecule has 0 aliphatic rings. The highest BCUT2D eigenvalue weighted by atomic mass is 35.5. The molecule has 2 rings (SSSR count). The van der Waals surface area contributed by atoms with Crippen molar-refractivity contribution in [3.8, 4) is 0 Å². The highest BCUT2D eigenvalue weighted by molar-refractivity contribution is 7.07. The molecule has 0 aliphatic heterocycles. The van der Waals surface area contributed by atoms with Gasteiger partial charge in [0.15, 0.2) is 0 Å². The van der Waals surface area contributed by atoms with Crippen molar-refractivity contribution in [2.24, 2.45) is 0 Å². The minimum Gasteiger partial charge on any atom is -0.378 e. The van der Waals surface area contributed by atoms with Gasteiger partial charge in [-0.1, -0.05) is 11.6 Å². The summed E-state index contributed by atoms with van der Waals surface area (Å²) in [6, 6.07) is 2.02. The number of aromatic nitrogens is 2. The second-order valence-corrected chi connectivity index (χ2v) is 5.36. The van der Waals surface area contributed by atoms with Gasteiger partial charge >= 0.3 is 0 Å². The first-order valence-electron chi connectivity index (χ1n) is 5.62. The minimum atomic E-state index is -0.262. The Labute approximate surface area is 114 Å². The standard InChI is InChI=1S/C12H14ClN3OS/c1-8(2)16-12(17)11(13)10(6-15-16)14-5-9-3-4-18-7-9/h3-4,6-8,14H,5H2,1-2H3. The number of anilines is 1. The summed E-state index contributed by atoms with van der Waals surface area (Å²) in [6.45, 7) is 4.42. The Morgan fingerprint density at radius 1 is 1.56 bits per heavy atom. The SMILES string of the molecule is CC(C)n1ncc(NCc2ccsc2)c(Cl)c1=O. The van der Waals surface area contributed by atoms with Crippen molar-refractivity contribution in [2.75, 3.05) is 5.32 Å². The van der Waals surface area contributed by atoms with E-state index in [9.17, 15) is 4.79 Å². The summed E-state index contributed by atoms with van der Waals surface area (Å²) in [5.41, 5.74) is 1.47. The summed E-state index contributed by atoms with van der Waals surface area (Å²) < 4.78 is 1.37. The van der Waals surface area contributed by atoms with Crippen molar-refractivity contribution in [1.82, 2.24) is 9.78 Å². The van der Waals surface area contributed by atoms with E-state index in [4.69, 9.17) is 11.6 Å². The van der Waals surface area contributed by atoms with Crippen LogP contribution < -0.4 is 10.9 Å². The van der Waals surface area contributed by atoms with E-state index in [0.717, 1.165) is 5.56 Å². The first-order chi connectivity index (χ1) is 8.59. The topological polar surface area (TPSA) is 46.9 Å². The Morgan fingerprint density at radius 2 is 2.33 bits per heavy atom. The third kappa shape index (κ3) is 2.73. The molecular formula is C12H14ClN3OS. The number of nitrogens with one attached hydrogen (secondary N) is 1. The van der Waals surface area contributed by atoms with Gasteiger partial charge in [0, 0.05) is 6.54 Å². The van der Waals surface area contributed by atoms with Crippen molar-refractivity contribution < 1.29 is 0 Å². The van der Waals surface area contributed by atoms with E-state index < -0.39 is 0 Å². The van der Waals surface area contributed by atoms with E-state index in [2.05, 4.69) is 10.4 Å². The zero-order valence-electron chi connectivity index (χ0n) is 10.2. The maximum absolute atomic E-state index is 11.9. The quantitative estimate of drug-likeness (QED) is 0.938. The van der Waals surface area contributed by atoms with Crippen LogP contribution in [0.25, 0.3) is 0 Å². The van der Waals surface area contributed by atoms with Gasteiger partial charge in [0.05, 0.1) is 17.9 Å². The van der Waals surface area contributed by atoms with Crippen molar-refractivity contribution >= 4 is 28.6 Å². The molecule has 0 aliphatic carbocycles. The molecule has 0 bridgehead atoms. The zero-order chi connectivity index (χ0) is 13.1. The van der Waals surface area contributed by atoms with Crippen LogP contribution in [-0.4, -0.2) is 9.78 Å². The summed E-state index contributed by atoms with van der Waals surface area (Å²) in [5.74, 6) is 0. The molecule has 2 aromatic rings. The van der Waals surface area contributed by atoms with Crippen LogP contribution in [0.5, 0.6) is 0 Å². The van der Waals surface area contributed by atoms with Crippen molar-refractivity contribution in [1.29, 1.82) is 0 Å². The van der Waals surface area contributed by atoms with Gasteiger partial charge in [-0.15, -0.1) is 0 Å². The summed E-state index contributed by atoms with van der Waals surface area (Å²) >= 11 is 7.68. The average Bonchev–Trinajstić information content (AvgIpc) is 2.83. The molecule has 0 saturated heterocycles. The first-order valence-corrected chi connectivity index (χ1v) is 6.94. The van der Waals surface area contributed by atoms with Crippen LogP contribution in [-0.2, 0) is 6.54 Å². The molecule has 0 spiro atoms. The van der Waals surface area contributed by atoms with Gasteiger partial charge < -0.3 is 5.32 Å². The normalized spacial score (nSPS) is 10.9. The number of nitrogens with zero attached hydrogens (tertiary/aromatic N) is 2. The molecule has 0 unspecified atom stereocenters. The van der Waals surface area contributed by atoms with Crippen LogP contribution in [0.2, 0.25) is 5.02 Å². The first kappa shape index (κ1) is 13.1. The van der Waals surface area contributed by atoms with Gasteiger partial charge in [-0.05, 0) is 36.2 Å². The number of hydrogen-bond donors (Lipinski definition) is 1. The third-order valence-electron chi connectivity index (χ3n) is 2.50. The van der Waals surface area contributed by atoms with Crippen LogP contribution in [0, 0.1) is 0 Å². The Bertz CT molecular complexity index is 578. The van der Waals surface area contributed by atoms with Gasteiger partial charge in [-0.3, -0.25) is 4.79 Å². The van der Waals surface area contributed by atoms with Gasteiger partial charge in [0.1, 0.15) is 5.02 Å². The molecule has 6 heteroatoms. The molecule has 0 saturated carbocycles. The van der Waals surface area contributed by atoms with Crippen LogP contribution in [0.1, 0.15) is 25.5 Å². The van der Waals surface area contributed by atoms with Crippen molar-refractivity contribution in [2.45, 2.75) is 26.4 Å². The maximum Gasteiger partial charge on any atom is 0.287 e. The van der Waals surface area contributed by atoms with Gasteiger partial charge in [-0.25, -0.2) is 4.68 Å². The van der Waals surface area contributed by atoms with Gasteiger partial charge in [-0.2, -0.15) is 16.4 Å². The summed E-state index contributed by atoms with van der Waals surface area (Å²) in [4.78, 5) is 11.9. The summed E-state index contributed by atoms with van der Waals surface area (Å²) in [6.07, 6.45) is 1.59. The lowest BCUT2D eigenvalue weighted by atomic mass is 10.3. The molecule has 1 N–H and O–H groups in total. The molecule has 0 aromatic carbocycles. The second kappa shape index (κ2) is 5.54. The number of hydrogen-bond acceptors (Lipinski definition) is 4. The molecule has 0 amide bonds. The highest BCUT2D eigenvalue weighted by Gasteiger charge is 2.10. The van der Waals surface area contributed by atoms with Crippen LogP contribution in [0.4, 0.5) is 5.69 Å². The summed E-state index contributed by atoms with van der Waals surface area (Å²) in [7, 11) is 0. The molecular weight excluding hydrogens is 270 g/mol. The predicted molar refractivity (Wildman–Crippen MR) is 75.5 cm³/mol. The van der Waals surface area contributed by atoms with Crippen LogP contribution in [0.3, 0.4) is 0 Å². The Morgan fingerprint density at radius 3 is 2.94 bits per heavy atom. The Hall–Kier alpha value is -1.33. The summed E-state index contributed by atoms with van der Waals surface area (Å²) in [5, 5.41) is 11.5. The van der Waals surface area contributed by atoms with Crippen LogP contribution in [0.15, 0.2) is 27.8 Å². The van der Waals surface area contributed by atoms with Crippen molar-refractivity contribution in [3.63, 3.8) is 0 Å². The average molecular weight is 284 g/mol. The lowest BCUT2D eigenvalue weighted by molar-refractivity contribution is 0.503. The fraction of sp³-hybridized carbons (Fsp3) is 0.333. The largest absolute Gasteiger partial charge is 0.378 e. The fourth-order valence-electron chi connectivity index (χ4n) is 1.53. The van der Waals surface area contributed by atoms with E-state index in [-0.39, 0.29) is 16.6 Å². The van der Waals surface area contributed by atoms with Gasteiger partial charge in [0.25, 0.3) is 5.56 Å².